The fourth-order valence-corrected chi connectivity index (χ4v) is 2.96. The smallest absolute Gasteiger partial charge is 0.192 e. The number of ether oxygens (including phenoxy) is 1. The summed E-state index contributed by atoms with van der Waals surface area (Å²) in [5.74, 6) is 2.06. The molecule has 0 aliphatic heterocycles. The minimum absolute atomic E-state index is 0. The van der Waals surface area contributed by atoms with Crippen LogP contribution in [0, 0.1) is 12.7 Å². The molecule has 3 rings (SSSR count). The van der Waals surface area contributed by atoms with E-state index < -0.39 is 0 Å². The molecule has 0 aliphatic carbocycles. The van der Waals surface area contributed by atoms with E-state index >= 15 is 0 Å². The summed E-state index contributed by atoms with van der Waals surface area (Å²) >= 11 is 0. The lowest BCUT2D eigenvalue weighted by Gasteiger charge is -2.21. The lowest BCUT2D eigenvalue weighted by Crippen LogP contribution is -2.43. The van der Waals surface area contributed by atoms with E-state index in [4.69, 9.17) is 4.74 Å². The number of aryl methyl sites for hydroxylation is 1. The van der Waals surface area contributed by atoms with E-state index in [1.807, 2.05) is 43.7 Å². The van der Waals surface area contributed by atoms with Crippen molar-refractivity contribution in [2.45, 2.75) is 39.5 Å². The van der Waals surface area contributed by atoms with Gasteiger partial charge >= 0.3 is 0 Å². The summed E-state index contributed by atoms with van der Waals surface area (Å²) in [6.07, 6.45) is -0.270. The minimum Gasteiger partial charge on any atom is -0.486 e. The number of nitrogens with zero attached hydrogens (tertiary/aromatic N) is 4. The van der Waals surface area contributed by atoms with E-state index in [2.05, 4.69) is 44.9 Å². The highest BCUT2D eigenvalue weighted by atomic mass is 127. The van der Waals surface area contributed by atoms with Gasteiger partial charge in [-0.2, -0.15) is 0 Å². The zero-order chi connectivity index (χ0) is 22.2. The normalized spacial score (nSPS) is 13.1. The predicted molar refractivity (Wildman–Crippen MR) is 135 cm³/mol. The van der Waals surface area contributed by atoms with Crippen LogP contribution in [0.5, 0.6) is 5.75 Å². The molecule has 2 atom stereocenters. The molecule has 1 aromatic heterocycles. The highest BCUT2D eigenvalue weighted by Gasteiger charge is 2.12. The van der Waals surface area contributed by atoms with Crippen molar-refractivity contribution in [3.05, 3.63) is 77.6 Å². The van der Waals surface area contributed by atoms with Crippen LogP contribution in [0.3, 0.4) is 0 Å². The summed E-state index contributed by atoms with van der Waals surface area (Å²) in [6, 6.07) is 16.5. The topological polar surface area (TPSA) is 76.4 Å². The zero-order valence-electron chi connectivity index (χ0n) is 18.7. The fourth-order valence-electron chi connectivity index (χ4n) is 2.96. The maximum Gasteiger partial charge on any atom is 0.192 e. The summed E-state index contributed by atoms with van der Waals surface area (Å²) in [6.45, 7) is 6.66. The summed E-state index contributed by atoms with van der Waals surface area (Å²) in [5, 5.41) is 15.0. The van der Waals surface area contributed by atoms with Crippen molar-refractivity contribution in [3.8, 4) is 5.75 Å². The maximum absolute atomic E-state index is 13.9. The van der Waals surface area contributed by atoms with Gasteiger partial charge in [-0.05, 0) is 38.5 Å². The summed E-state index contributed by atoms with van der Waals surface area (Å²) in [7, 11) is 1.91. The third kappa shape index (κ3) is 7.18. The number of aliphatic imine (C=N–C) groups is 1. The van der Waals surface area contributed by atoms with Gasteiger partial charge in [-0.3, -0.25) is 0 Å². The Kier molecular flexibility index (Phi) is 9.89. The number of hydrogen-bond acceptors (Lipinski definition) is 4. The Morgan fingerprint density at radius 2 is 1.78 bits per heavy atom. The first-order valence-electron chi connectivity index (χ1n) is 10.3. The summed E-state index contributed by atoms with van der Waals surface area (Å²) < 4.78 is 21.5. The Bertz CT molecular complexity index is 1010. The van der Waals surface area contributed by atoms with Gasteiger partial charge in [0.05, 0.1) is 12.6 Å². The standard InChI is InChI=1S/C23H29FN6O.HI/c1-16(31-21-13-9-8-12-20(21)24)14-25-23(26-15-22-29-28-18(3)30(22)4)27-17(2)19-10-6-5-7-11-19;/h5-13,16-17H,14-15H2,1-4H3,(H2,25,26,27);1H. The second-order valence-corrected chi connectivity index (χ2v) is 7.40. The van der Waals surface area contributed by atoms with E-state index in [0.29, 0.717) is 19.0 Å². The van der Waals surface area contributed by atoms with Crippen molar-refractivity contribution in [1.82, 2.24) is 25.4 Å². The van der Waals surface area contributed by atoms with Crippen molar-refractivity contribution < 1.29 is 9.13 Å². The van der Waals surface area contributed by atoms with Gasteiger partial charge < -0.3 is 19.9 Å². The van der Waals surface area contributed by atoms with E-state index in [9.17, 15) is 4.39 Å². The van der Waals surface area contributed by atoms with Crippen LogP contribution < -0.4 is 15.4 Å². The minimum atomic E-state index is -0.378. The molecule has 7 nitrogen and oxygen atoms in total. The first-order chi connectivity index (χ1) is 14.9. The molecule has 0 aliphatic rings. The average molecular weight is 552 g/mol. The van der Waals surface area contributed by atoms with Crippen LogP contribution in [-0.4, -0.2) is 33.4 Å². The molecule has 3 aromatic rings. The number of guanidine groups is 1. The highest BCUT2D eigenvalue weighted by Crippen LogP contribution is 2.17. The predicted octanol–water partition coefficient (Wildman–Crippen LogP) is 4.14. The van der Waals surface area contributed by atoms with Crippen molar-refractivity contribution in [2.75, 3.05) is 6.54 Å². The van der Waals surface area contributed by atoms with Gasteiger partial charge in [0.25, 0.3) is 0 Å². The Morgan fingerprint density at radius 3 is 2.44 bits per heavy atom. The largest absolute Gasteiger partial charge is 0.486 e. The molecule has 0 amide bonds. The zero-order valence-corrected chi connectivity index (χ0v) is 21.1. The Hall–Kier alpha value is -2.69. The number of rotatable bonds is 8. The summed E-state index contributed by atoms with van der Waals surface area (Å²) in [5.41, 5.74) is 1.14. The lowest BCUT2D eigenvalue weighted by atomic mass is 10.1. The molecule has 32 heavy (non-hydrogen) atoms. The number of benzene rings is 2. The molecule has 0 radical (unpaired) electrons. The molecule has 0 fully saturated rings. The van der Waals surface area contributed by atoms with Crippen LogP contribution in [0.15, 0.2) is 59.6 Å². The van der Waals surface area contributed by atoms with E-state index in [-0.39, 0.29) is 47.7 Å². The van der Waals surface area contributed by atoms with Crippen LogP contribution >= 0.6 is 24.0 Å². The number of para-hydroxylation sites is 1. The van der Waals surface area contributed by atoms with E-state index in [0.717, 1.165) is 17.2 Å². The van der Waals surface area contributed by atoms with Gasteiger partial charge in [0.1, 0.15) is 18.5 Å². The third-order valence-electron chi connectivity index (χ3n) is 4.94. The first kappa shape index (κ1) is 25.6. The molecule has 1 heterocycles. The molecule has 2 unspecified atom stereocenters. The molecular formula is C23H30FIN6O. The van der Waals surface area contributed by atoms with E-state index in [1.54, 1.807) is 18.2 Å². The molecule has 0 saturated heterocycles. The van der Waals surface area contributed by atoms with Crippen molar-refractivity contribution >= 4 is 29.9 Å². The molecule has 9 heteroatoms. The Morgan fingerprint density at radius 1 is 1.09 bits per heavy atom. The van der Waals surface area contributed by atoms with Crippen molar-refractivity contribution in [3.63, 3.8) is 0 Å². The van der Waals surface area contributed by atoms with Crippen LogP contribution in [0.4, 0.5) is 4.39 Å². The van der Waals surface area contributed by atoms with Crippen LogP contribution in [-0.2, 0) is 13.6 Å². The van der Waals surface area contributed by atoms with Gasteiger partial charge in [0.2, 0.25) is 0 Å². The Balaban J connectivity index is 0.00000363. The van der Waals surface area contributed by atoms with E-state index in [1.165, 1.54) is 6.07 Å². The van der Waals surface area contributed by atoms with Gasteiger partial charge in [-0.15, -0.1) is 34.2 Å². The fraction of sp³-hybridized carbons (Fsp3) is 0.348. The van der Waals surface area contributed by atoms with Crippen LogP contribution in [0.2, 0.25) is 0 Å². The highest BCUT2D eigenvalue weighted by molar-refractivity contribution is 14.0. The number of aromatic nitrogens is 3. The SMILES string of the molecule is Cc1nnc(CN=C(NCC(C)Oc2ccccc2F)NC(C)c2ccccc2)n1C.I. The maximum atomic E-state index is 13.9. The molecule has 0 spiro atoms. The molecule has 172 valence electrons. The van der Waals surface area contributed by atoms with Crippen molar-refractivity contribution in [1.29, 1.82) is 0 Å². The number of hydrogen-bond donors (Lipinski definition) is 2. The second-order valence-electron chi connectivity index (χ2n) is 7.40. The van der Waals surface area contributed by atoms with Crippen LogP contribution in [0.25, 0.3) is 0 Å². The number of halogens is 2. The van der Waals surface area contributed by atoms with Gasteiger partial charge in [0, 0.05) is 7.05 Å². The van der Waals surface area contributed by atoms with Crippen molar-refractivity contribution in [2.24, 2.45) is 12.0 Å². The molecular weight excluding hydrogens is 522 g/mol. The average Bonchev–Trinajstić information content (AvgIpc) is 3.10. The van der Waals surface area contributed by atoms with Gasteiger partial charge in [-0.25, -0.2) is 9.38 Å². The number of nitrogens with one attached hydrogen (secondary N) is 2. The van der Waals surface area contributed by atoms with Gasteiger partial charge in [0.15, 0.2) is 23.4 Å². The third-order valence-corrected chi connectivity index (χ3v) is 4.94. The lowest BCUT2D eigenvalue weighted by molar-refractivity contribution is 0.214. The Labute approximate surface area is 205 Å². The molecule has 0 bridgehead atoms. The molecule has 2 aromatic carbocycles. The molecule has 2 N–H and O–H groups in total. The van der Waals surface area contributed by atoms with Gasteiger partial charge in [-0.1, -0.05) is 42.5 Å². The quantitative estimate of drug-likeness (QED) is 0.250. The van der Waals surface area contributed by atoms with Crippen LogP contribution in [0.1, 0.15) is 37.1 Å². The molecule has 0 saturated carbocycles. The summed E-state index contributed by atoms with van der Waals surface area (Å²) in [4.78, 5) is 4.67. The second kappa shape index (κ2) is 12.4. The first-order valence-corrected chi connectivity index (χ1v) is 10.3. The monoisotopic (exact) mass is 552 g/mol.